The highest BCUT2D eigenvalue weighted by molar-refractivity contribution is 7.21. The zero-order chi connectivity index (χ0) is 32.7. The third kappa shape index (κ3) is 6.55. The number of carbonyl (C=O) groups excluding carboxylic acids is 2. The van der Waals surface area contributed by atoms with Gasteiger partial charge in [0, 0.05) is 21.5 Å². The molecule has 232 valence electrons. The molecule has 5 aromatic rings. The Hall–Kier alpha value is -5.11. The molecule has 0 aliphatic heterocycles. The average Bonchev–Trinajstić information content (AvgIpc) is 3.34. The number of halogens is 7. The van der Waals surface area contributed by atoms with E-state index in [1.807, 2.05) is 0 Å². The molecule has 0 radical (unpaired) electrons. The van der Waals surface area contributed by atoms with Crippen molar-refractivity contribution in [2.45, 2.75) is 12.4 Å². The SMILES string of the molecule is COc1ccc(-c2cccc(N)c2)cc1C(=O)Nc1c(C(=O)Nc2ccc(F)c(C(F)(F)F)c2)sc2cc(C(F)(F)F)ccc12. The molecule has 2 amide bonds. The second kappa shape index (κ2) is 11.8. The molecule has 0 saturated carbocycles. The van der Waals surface area contributed by atoms with Crippen molar-refractivity contribution in [3.8, 4) is 16.9 Å². The van der Waals surface area contributed by atoms with Gasteiger partial charge in [0.05, 0.1) is 29.5 Å². The minimum atomic E-state index is -5.06. The average molecular weight is 648 g/mol. The highest BCUT2D eigenvalue weighted by Crippen LogP contribution is 2.41. The van der Waals surface area contributed by atoms with E-state index in [2.05, 4.69) is 10.6 Å². The van der Waals surface area contributed by atoms with Crippen LogP contribution in [-0.2, 0) is 12.4 Å². The Morgan fingerprint density at radius 2 is 1.53 bits per heavy atom. The summed E-state index contributed by atoms with van der Waals surface area (Å²) in [5.74, 6) is -3.28. The number of rotatable bonds is 6. The predicted octanol–water partition coefficient (Wildman–Crippen LogP) is 8.84. The summed E-state index contributed by atoms with van der Waals surface area (Å²) in [4.78, 5) is 26.7. The molecule has 0 aliphatic carbocycles. The fraction of sp³-hybridized carbons (Fsp3) is 0.0968. The maximum atomic E-state index is 13.8. The normalized spacial score (nSPS) is 11.8. The van der Waals surface area contributed by atoms with Crippen LogP contribution in [0.1, 0.15) is 31.2 Å². The molecule has 14 heteroatoms. The first-order chi connectivity index (χ1) is 21.2. The van der Waals surface area contributed by atoms with Crippen LogP contribution in [0.5, 0.6) is 5.75 Å². The molecule has 0 spiro atoms. The molecule has 0 unspecified atom stereocenters. The number of nitrogens with one attached hydrogen (secondary N) is 2. The van der Waals surface area contributed by atoms with Gasteiger partial charge in [-0.3, -0.25) is 9.59 Å². The number of amides is 2. The van der Waals surface area contributed by atoms with Crippen molar-refractivity contribution in [2.24, 2.45) is 0 Å². The van der Waals surface area contributed by atoms with Crippen LogP contribution in [0.15, 0.2) is 78.9 Å². The predicted molar refractivity (Wildman–Crippen MR) is 157 cm³/mol. The number of hydrogen-bond acceptors (Lipinski definition) is 5. The van der Waals surface area contributed by atoms with Crippen molar-refractivity contribution in [3.05, 3.63) is 106 Å². The summed E-state index contributed by atoms with van der Waals surface area (Å²) in [5, 5.41) is 4.84. The lowest BCUT2D eigenvalue weighted by atomic mass is 10.0. The summed E-state index contributed by atoms with van der Waals surface area (Å²) in [7, 11) is 1.32. The number of benzene rings is 4. The van der Waals surface area contributed by atoms with Crippen molar-refractivity contribution < 1.29 is 45.1 Å². The van der Waals surface area contributed by atoms with Crippen molar-refractivity contribution in [1.82, 2.24) is 0 Å². The number of anilines is 3. The number of nitrogen functional groups attached to an aromatic ring is 1. The first-order valence-electron chi connectivity index (χ1n) is 12.8. The van der Waals surface area contributed by atoms with Crippen molar-refractivity contribution in [2.75, 3.05) is 23.5 Å². The van der Waals surface area contributed by atoms with Gasteiger partial charge in [0.25, 0.3) is 11.8 Å². The lowest BCUT2D eigenvalue weighted by Crippen LogP contribution is -2.18. The molecule has 45 heavy (non-hydrogen) atoms. The third-order valence-corrected chi connectivity index (χ3v) is 7.81. The van der Waals surface area contributed by atoms with Crippen LogP contribution >= 0.6 is 11.3 Å². The van der Waals surface area contributed by atoms with Gasteiger partial charge < -0.3 is 21.1 Å². The second-order valence-corrected chi connectivity index (χ2v) is 10.7. The molecule has 0 bridgehead atoms. The molecule has 0 aliphatic rings. The van der Waals surface area contributed by atoms with E-state index in [4.69, 9.17) is 10.5 Å². The van der Waals surface area contributed by atoms with E-state index in [0.717, 1.165) is 24.3 Å². The van der Waals surface area contributed by atoms with Crippen LogP contribution in [0.2, 0.25) is 0 Å². The summed E-state index contributed by atoms with van der Waals surface area (Å²) in [6.07, 6.45) is -9.78. The zero-order valence-corrected chi connectivity index (χ0v) is 23.7. The number of methoxy groups -OCH3 is 1. The summed E-state index contributed by atoms with van der Waals surface area (Å²) in [6, 6.07) is 15.9. The fourth-order valence-electron chi connectivity index (χ4n) is 4.53. The molecule has 5 rings (SSSR count). The molecule has 0 fully saturated rings. The number of hydrogen-bond donors (Lipinski definition) is 3. The van der Waals surface area contributed by atoms with Crippen LogP contribution < -0.4 is 21.1 Å². The molecule has 0 saturated heterocycles. The number of thiophene rings is 1. The number of ether oxygens (including phenoxy) is 1. The maximum Gasteiger partial charge on any atom is 0.419 e. The van der Waals surface area contributed by atoms with E-state index >= 15 is 0 Å². The maximum absolute atomic E-state index is 13.8. The van der Waals surface area contributed by atoms with Gasteiger partial charge in [-0.2, -0.15) is 26.3 Å². The summed E-state index contributed by atoms with van der Waals surface area (Å²) >= 11 is 0.575. The summed E-state index contributed by atoms with van der Waals surface area (Å²) in [6.45, 7) is 0. The topological polar surface area (TPSA) is 93.4 Å². The Balaban J connectivity index is 1.57. The van der Waals surface area contributed by atoms with E-state index in [1.54, 1.807) is 30.3 Å². The van der Waals surface area contributed by atoms with Crippen LogP contribution in [0, 0.1) is 5.82 Å². The van der Waals surface area contributed by atoms with Gasteiger partial charge in [-0.05, 0) is 65.7 Å². The highest BCUT2D eigenvalue weighted by atomic mass is 32.1. The molecular weight excluding hydrogens is 627 g/mol. The Morgan fingerprint density at radius 1 is 0.800 bits per heavy atom. The number of fused-ring (bicyclic) bond motifs is 1. The van der Waals surface area contributed by atoms with Gasteiger partial charge in [0.15, 0.2) is 0 Å². The van der Waals surface area contributed by atoms with E-state index in [0.29, 0.717) is 40.3 Å². The number of carbonyl (C=O) groups is 2. The minimum absolute atomic E-state index is 0.00315. The van der Waals surface area contributed by atoms with Crippen molar-refractivity contribution in [1.29, 1.82) is 0 Å². The smallest absolute Gasteiger partial charge is 0.419 e. The van der Waals surface area contributed by atoms with Gasteiger partial charge in [0.2, 0.25) is 0 Å². The van der Waals surface area contributed by atoms with Crippen LogP contribution in [0.4, 0.5) is 47.8 Å². The highest BCUT2D eigenvalue weighted by Gasteiger charge is 2.35. The van der Waals surface area contributed by atoms with Crippen molar-refractivity contribution >= 4 is 50.3 Å². The quantitative estimate of drug-likeness (QED) is 0.127. The van der Waals surface area contributed by atoms with Gasteiger partial charge in [-0.15, -0.1) is 11.3 Å². The fourth-order valence-corrected chi connectivity index (χ4v) is 5.62. The summed E-state index contributed by atoms with van der Waals surface area (Å²) in [5.41, 5.74) is 4.32. The molecule has 1 heterocycles. The second-order valence-electron chi connectivity index (χ2n) is 9.66. The first-order valence-corrected chi connectivity index (χ1v) is 13.6. The van der Waals surface area contributed by atoms with E-state index in [1.165, 1.54) is 19.2 Å². The molecule has 6 nitrogen and oxygen atoms in total. The Morgan fingerprint density at radius 3 is 2.20 bits per heavy atom. The zero-order valence-electron chi connectivity index (χ0n) is 22.9. The monoisotopic (exact) mass is 647 g/mol. The van der Waals surface area contributed by atoms with Crippen LogP contribution in [-0.4, -0.2) is 18.9 Å². The lowest BCUT2D eigenvalue weighted by Gasteiger charge is -2.14. The van der Waals surface area contributed by atoms with Crippen LogP contribution in [0.25, 0.3) is 21.2 Å². The summed E-state index contributed by atoms with van der Waals surface area (Å²) < 4.78 is 99.2. The van der Waals surface area contributed by atoms with Crippen molar-refractivity contribution in [3.63, 3.8) is 0 Å². The first kappa shape index (κ1) is 31.3. The van der Waals surface area contributed by atoms with Gasteiger partial charge >= 0.3 is 12.4 Å². The standard InChI is InChI=1S/C31H20F7N3O3S/c1-44-24-10-5-16(15-3-2-4-18(39)11-15)12-21(24)28(42)41-26-20-8-6-17(30(33,34)35)13-25(20)45-27(26)29(43)40-19-7-9-23(32)22(14-19)31(36,37)38/h2-14H,39H2,1H3,(H,40,43)(H,41,42). The van der Waals surface area contributed by atoms with Gasteiger partial charge in [-0.1, -0.05) is 24.3 Å². The largest absolute Gasteiger partial charge is 0.496 e. The van der Waals surface area contributed by atoms with E-state index in [-0.39, 0.29) is 32.0 Å². The molecule has 0 atom stereocenters. The van der Waals surface area contributed by atoms with E-state index < -0.39 is 46.8 Å². The number of nitrogens with two attached hydrogens (primary N) is 1. The van der Waals surface area contributed by atoms with Gasteiger partial charge in [0.1, 0.15) is 16.4 Å². The molecule has 4 aromatic carbocycles. The Labute approximate surface area is 254 Å². The third-order valence-electron chi connectivity index (χ3n) is 6.66. The Kier molecular flexibility index (Phi) is 8.19. The van der Waals surface area contributed by atoms with E-state index in [9.17, 15) is 40.3 Å². The minimum Gasteiger partial charge on any atom is -0.496 e. The molecular formula is C31H20F7N3O3S. The molecule has 1 aromatic heterocycles. The van der Waals surface area contributed by atoms with Crippen LogP contribution in [0.3, 0.4) is 0 Å². The number of alkyl halides is 6. The van der Waals surface area contributed by atoms with Gasteiger partial charge in [-0.25, -0.2) is 4.39 Å². The Bertz CT molecular complexity index is 1950. The molecule has 4 N–H and O–H groups in total. The lowest BCUT2D eigenvalue weighted by molar-refractivity contribution is -0.140.